The zero-order valence-corrected chi connectivity index (χ0v) is 22.0. The third kappa shape index (κ3) is 4.92. The molecule has 2 aromatic heterocycles. The number of nitrogens with zero attached hydrogens (tertiary/aromatic N) is 2. The highest BCUT2D eigenvalue weighted by atomic mass is 35.5. The Labute approximate surface area is 224 Å². The van der Waals surface area contributed by atoms with Crippen molar-refractivity contribution in [3.63, 3.8) is 0 Å². The highest BCUT2D eigenvalue weighted by molar-refractivity contribution is 7.92. The molecule has 2 N–H and O–H groups in total. The molecule has 1 aliphatic heterocycles. The standard InChI is InChI=1S/C25H20Cl2N4O3S2/c1-36(32,33)30-15-8-10-16(11-9-15)31-24(23(29-25(31)35)19-7-2-3-14-28-19)21-13-12-20(34-21)17-5-4-6-18(26)22(17)27/h2-14,23-24,30H,1H3,(H,29,35)/t23-,24+/m1/s1. The Balaban J connectivity index is 1.57. The molecule has 7 nitrogen and oxygen atoms in total. The number of pyridine rings is 1. The van der Waals surface area contributed by atoms with E-state index in [0.717, 1.165) is 17.6 Å². The first kappa shape index (κ1) is 24.6. The molecule has 36 heavy (non-hydrogen) atoms. The minimum atomic E-state index is -3.39. The van der Waals surface area contributed by atoms with E-state index in [1.165, 1.54) is 0 Å². The predicted molar refractivity (Wildman–Crippen MR) is 147 cm³/mol. The lowest BCUT2D eigenvalue weighted by Gasteiger charge is -2.26. The molecule has 4 aromatic rings. The quantitative estimate of drug-likeness (QED) is 0.272. The monoisotopic (exact) mass is 558 g/mol. The number of furan rings is 1. The molecule has 0 spiro atoms. The predicted octanol–water partition coefficient (Wildman–Crippen LogP) is 6.20. The molecule has 0 aliphatic carbocycles. The molecule has 0 amide bonds. The van der Waals surface area contributed by atoms with Gasteiger partial charge in [-0.2, -0.15) is 0 Å². The number of hydrogen-bond donors (Lipinski definition) is 2. The minimum Gasteiger partial charge on any atom is -0.459 e. The molecule has 0 saturated carbocycles. The molecule has 5 rings (SSSR count). The van der Waals surface area contributed by atoms with Gasteiger partial charge >= 0.3 is 0 Å². The fourth-order valence-electron chi connectivity index (χ4n) is 4.18. The number of sulfonamides is 1. The molecule has 1 fully saturated rings. The van der Waals surface area contributed by atoms with E-state index in [0.29, 0.717) is 37.9 Å². The number of hydrogen-bond acceptors (Lipinski definition) is 5. The number of benzene rings is 2. The summed E-state index contributed by atoms with van der Waals surface area (Å²) in [6.07, 6.45) is 2.83. The largest absolute Gasteiger partial charge is 0.459 e. The van der Waals surface area contributed by atoms with Gasteiger partial charge in [0.1, 0.15) is 17.6 Å². The van der Waals surface area contributed by atoms with Crippen molar-refractivity contribution < 1.29 is 12.8 Å². The first-order valence-corrected chi connectivity index (χ1v) is 13.9. The van der Waals surface area contributed by atoms with Crippen LogP contribution in [0, 0.1) is 0 Å². The lowest BCUT2D eigenvalue weighted by molar-refractivity contribution is 0.439. The fourth-order valence-corrected chi connectivity index (χ4v) is 5.48. The van der Waals surface area contributed by atoms with Crippen molar-refractivity contribution >= 4 is 61.9 Å². The zero-order valence-electron chi connectivity index (χ0n) is 18.9. The zero-order chi connectivity index (χ0) is 25.4. The van der Waals surface area contributed by atoms with E-state index in [2.05, 4.69) is 15.0 Å². The summed E-state index contributed by atoms with van der Waals surface area (Å²) in [6, 6.07) is 21.1. The second-order valence-electron chi connectivity index (χ2n) is 8.22. The second kappa shape index (κ2) is 9.74. The number of anilines is 2. The summed E-state index contributed by atoms with van der Waals surface area (Å²) < 4.78 is 32.0. The maximum absolute atomic E-state index is 11.6. The topological polar surface area (TPSA) is 87.5 Å². The van der Waals surface area contributed by atoms with Crippen LogP contribution in [0.15, 0.2) is 83.4 Å². The van der Waals surface area contributed by atoms with Crippen LogP contribution in [0.1, 0.15) is 23.5 Å². The molecule has 3 heterocycles. The van der Waals surface area contributed by atoms with Crippen LogP contribution < -0.4 is 14.9 Å². The van der Waals surface area contributed by atoms with Crippen LogP contribution in [0.2, 0.25) is 10.0 Å². The van der Waals surface area contributed by atoms with Crippen LogP contribution in [-0.4, -0.2) is 24.8 Å². The van der Waals surface area contributed by atoms with E-state index in [4.69, 9.17) is 39.8 Å². The Morgan fingerprint density at radius 3 is 2.50 bits per heavy atom. The number of halogens is 2. The van der Waals surface area contributed by atoms with E-state index >= 15 is 0 Å². The average molecular weight is 560 g/mol. The number of rotatable bonds is 6. The molecule has 1 saturated heterocycles. The molecular formula is C25H20Cl2N4O3S2. The molecule has 11 heteroatoms. The third-order valence-electron chi connectivity index (χ3n) is 5.68. The Hall–Kier alpha value is -3.11. The van der Waals surface area contributed by atoms with E-state index < -0.39 is 10.0 Å². The number of nitrogens with one attached hydrogen (secondary N) is 2. The van der Waals surface area contributed by atoms with Crippen molar-refractivity contribution in [3.8, 4) is 11.3 Å². The molecular weight excluding hydrogens is 539 g/mol. The maximum Gasteiger partial charge on any atom is 0.229 e. The van der Waals surface area contributed by atoms with Crippen molar-refractivity contribution in [1.29, 1.82) is 0 Å². The van der Waals surface area contributed by atoms with Gasteiger partial charge in [0, 0.05) is 23.1 Å². The lowest BCUT2D eigenvalue weighted by Crippen LogP contribution is -2.29. The van der Waals surface area contributed by atoms with Crippen LogP contribution in [0.3, 0.4) is 0 Å². The Kier molecular flexibility index (Phi) is 6.65. The fraction of sp³-hybridized carbons (Fsp3) is 0.120. The van der Waals surface area contributed by atoms with E-state index in [-0.39, 0.29) is 12.1 Å². The molecule has 2 aromatic carbocycles. The van der Waals surface area contributed by atoms with Crippen molar-refractivity contribution in [1.82, 2.24) is 10.3 Å². The van der Waals surface area contributed by atoms with Crippen LogP contribution in [0.25, 0.3) is 11.3 Å². The maximum atomic E-state index is 11.6. The van der Waals surface area contributed by atoms with Gasteiger partial charge in [0.25, 0.3) is 0 Å². The van der Waals surface area contributed by atoms with Gasteiger partial charge in [0.15, 0.2) is 5.11 Å². The van der Waals surface area contributed by atoms with Gasteiger partial charge in [-0.05, 0) is 72.9 Å². The van der Waals surface area contributed by atoms with Crippen molar-refractivity contribution in [2.24, 2.45) is 0 Å². The van der Waals surface area contributed by atoms with Crippen LogP contribution >= 0.6 is 35.4 Å². The number of aromatic nitrogens is 1. The van der Waals surface area contributed by atoms with Gasteiger partial charge in [-0.3, -0.25) is 9.71 Å². The normalized spacial score (nSPS) is 17.8. The SMILES string of the molecule is CS(=O)(=O)Nc1ccc(N2C(=S)N[C@H](c3ccccn3)[C@@H]2c2ccc(-c3cccc(Cl)c3Cl)o2)cc1. The van der Waals surface area contributed by atoms with Crippen LogP contribution in [-0.2, 0) is 10.0 Å². The van der Waals surface area contributed by atoms with Crippen LogP contribution in [0.4, 0.5) is 11.4 Å². The first-order chi connectivity index (χ1) is 17.2. The van der Waals surface area contributed by atoms with Gasteiger partial charge < -0.3 is 14.6 Å². The van der Waals surface area contributed by atoms with E-state index in [1.807, 2.05) is 47.4 Å². The highest BCUT2D eigenvalue weighted by Gasteiger charge is 2.42. The van der Waals surface area contributed by atoms with E-state index in [1.54, 1.807) is 36.5 Å². The van der Waals surface area contributed by atoms with Gasteiger partial charge in [0.2, 0.25) is 10.0 Å². The molecule has 0 radical (unpaired) electrons. The summed E-state index contributed by atoms with van der Waals surface area (Å²) in [5.74, 6) is 1.21. The lowest BCUT2D eigenvalue weighted by atomic mass is 10.0. The average Bonchev–Trinajstić information content (AvgIpc) is 3.45. The van der Waals surface area contributed by atoms with Crippen molar-refractivity contribution in [2.45, 2.75) is 12.1 Å². The van der Waals surface area contributed by atoms with Crippen LogP contribution in [0.5, 0.6) is 0 Å². The smallest absolute Gasteiger partial charge is 0.229 e. The molecule has 0 unspecified atom stereocenters. The Bertz CT molecular complexity index is 1530. The second-order valence-corrected chi connectivity index (χ2v) is 11.1. The van der Waals surface area contributed by atoms with Gasteiger partial charge in [0.05, 0.1) is 28.0 Å². The minimum absolute atomic E-state index is 0.304. The summed E-state index contributed by atoms with van der Waals surface area (Å²) in [5.41, 5.74) is 2.68. The first-order valence-electron chi connectivity index (χ1n) is 10.8. The van der Waals surface area contributed by atoms with Gasteiger partial charge in [-0.1, -0.05) is 35.3 Å². The molecule has 1 aliphatic rings. The summed E-state index contributed by atoms with van der Waals surface area (Å²) in [4.78, 5) is 6.47. The van der Waals surface area contributed by atoms with Crippen molar-refractivity contribution in [2.75, 3.05) is 15.9 Å². The van der Waals surface area contributed by atoms with Crippen molar-refractivity contribution in [3.05, 3.63) is 100 Å². The van der Waals surface area contributed by atoms with E-state index in [9.17, 15) is 8.42 Å². The molecule has 0 bridgehead atoms. The van der Waals surface area contributed by atoms with Gasteiger partial charge in [-0.25, -0.2) is 8.42 Å². The summed E-state index contributed by atoms with van der Waals surface area (Å²) in [6.45, 7) is 0. The summed E-state index contributed by atoms with van der Waals surface area (Å²) in [7, 11) is -3.39. The Morgan fingerprint density at radius 2 is 1.81 bits per heavy atom. The third-order valence-corrected chi connectivity index (χ3v) is 7.42. The Morgan fingerprint density at radius 1 is 1.03 bits per heavy atom. The molecule has 184 valence electrons. The summed E-state index contributed by atoms with van der Waals surface area (Å²) in [5, 5.41) is 4.70. The highest BCUT2D eigenvalue weighted by Crippen LogP contribution is 2.44. The number of thiocarbonyl (C=S) groups is 1. The van der Waals surface area contributed by atoms with Gasteiger partial charge in [-0.15, -0.1) is 0 Å². The summed E-state index contributed by atoms with van der Waals surface area (Å²) >= 11 is 18.4. The molecule has 2 atom stereocenters.